The molecule has 0 spiro atoms. The van der Waals surface area contributed by atoms with Gasteiger partial charge in [-0.1, -0.05) is 36.4 Å². The Hall–Kier alpha value is -1.56. The van der Waals surface area contributed by atoms with Crippen LogP contribution < -0.4 is 0 Å². The molecule has 1 aromatic carbocycles. The summed E-state index contributed by atoms with van der Waals surface area (Å²) in [6.45, 7) is 7.62. The molecule has 0 amide bonds. The summed E-state index contributed by atoms with van der Waals surface area (Å²) in [5, 5.41) is 0. The van der Waals surface area contributed by atoms with Crippen LogP contribution >= 0.6 is 0 Å². The van der Waals surface area contributed by atoms with Crippen LogP contribution in [0, 0.1) is 6.42 Å². The van der Waals surface area contributed by atoms with Crippen molar-refractivity contribution >= 4 is 6.08 Å². The topological polar surface area (TPSA) is 0 Å². The van der Waals surface area contributed by atoms with E-state index in [-0.39, 0.29) is 0 Å². The molecule has 0 saturated carbocycles. The minimum absolute atomic E-state index is 0.935. The zero-order chi connectivity index (χ0) is 10.7. The van der Waals surface area contributed by atoms with Crippen molar-refractivity contribution in [3.8, 4) is 0 Å². The van der Waals surface area contributed by atoms with Gasteiger partial charge in [0.15, 0.2) is 0 Å². The van der Waals surface area contributed by atoms with Gasteiger partial charge >= 0.3 is 0 Å². The lowest BCUT2D eigenvalue weighted by Crippen LogP contribution is -1.97. The summed E-state index contributed by atoms with van der Waals surface area (Å²) in [5.74, 6) is 0. The van der Waals surface area contributed by atoms with E-state index in [9.17, 15) is 0 Å². The summed E-state index contributed by atoms with van der Waals surface area (Å²) in [6, 6.07) is 4.38. The highest BCUT2D eigenvalue weighted by molar-refractivity contribution is 5.69. The molecule has 0 nitrogen and oxygen atoms in total. The predicted octanol–water partition coefficient (Wildman–Crippen LogP) is 3.72. The molecule has 1 aromatic rings. The second kappa shape index (κ2) is 4.31. The van der Waals surface area contributed by atoms with Crippen molar-refractivity contribution in [3.63, 3.8) is 0 Å². The number of hydrogen-bond donors (Lipinski definition) is 0. The quantitative estimate of drug-likeness (QED) is 0.642. The molecule has 2 rings (SSSR count). The second-order valence-corrected chi connectivity index (χ2v) is 3.72. The van der Waals surface area contributed by atoms with Gasteiger partial charge in [0, 0.05) is 6.42 Å². The first kappa shape index (κ1) is 9.97. The Balaban J connectivity index is 2.51. The molecule has 0 heteroatoms. The molecule has 0 fully saturated rings. The van der Waals surface area contributed by atoms with Crippen LogP contribution in [0.3, 0.4) is 0 Å². The van der Waals surface area contributed by atoms with E-state index in [4.69, 9.17) is 0 Å². The molecule has 0 heterocycles. The number of benzene rings is 1. The van der Waals surface area contributed by atoms with Crippen molar-refractivity contribution < 1.29 is 0 Å². The smallest absolute Gasteiger partial charge is 0.0131 e. The Morgan fingerprint density at radius 2 is 1.87 bits per heavy atom. The van der Waals surface area contributed by atoms with Gasteiger partial charge in [-0.15, -0.1) is 13.2 Å². The minimum Gasteiger partial charge on any atom is -0.103 e. The first-order valence-electron chi connectivity index (χ1n) is 5.24. The Morgan fingerprint density at radius 3 is 2.60 bits per heavy atom. The van der Waals surface area contributed by atoms with Crippen LogP contribution in [0.4, 0.5) is 0 Å². The Morgan fingerprint density at radius 1 is 1.07 bits per heavy atom. The molecule has 1 radical (unpaired) electrons. The summed E-state index contributed by atoms with van der Waals surface area (Å²) < 4.78 is 0. The first-order valence-corrected chi connectivity index (χ1v) is 5.24. The van der Waals surface area contributed by atoms with Crippen molar-refractivity contribution in [1.29, 1.82) is 0 Å². The molecular formula is C15H15. The van der Waals surface area contributed by atoms with Crippen LogP contribution in [-0.2, 0) is 12.8 Å². The fraction of sp³-hybridized carbons (Fsp3) is 0.133. The van der Waals surface area contributed by atoms with E-state index in [0.717, 1.165) is 12.8 Å². The van der Waals surface area contributed by atoms with Gasteiger partial charge in [0.2, 0.25) is 0 Å². The van der Waals surface area contributed by atoms with Crippen molar-refractivity contribution in [3.05, 3.63) is 72.2 Å². The van der Waals surface area contributed by atoms with E-state index >= 15 is 0 Å². The third kappa shape index (κ3) is 1.80. The Kier molecular flexibility index (Phi) is 2.86. The number of fused-ring (bicyclic) bond motifs is 1. The molecule has 1 aliphatic carbocycles. The molecule has 1 aliphatic rings. The fourth-order valence-electron chi connectivity index (χ4n) is 2.05. The maximum Gasteiger partial charge on any atom is 0.0131 e. The summed E-state index contributed by atoms with van der Waals surface area (Å²) in [5.41, 5.74) is 5.44. The maximum atomic E-state index is 3.82. The van der Waals surface area contributed by atoms with Crippen LogP contribution in [0.1, 0.15) is 22.3 Å². The second-order valence-electron chi connectivity index (χ2n) is 3.72. The van der Waals surface area contributed by atoms with Gasteiger partial charge in [0.1, 0.15) is 0 Å². The molecule has 0 atom stereocenters. The van der Waals surface area contributed by atoms with Crippen LogP contribution in [0.15, 0.2) is 43.5 Å². The van der Waals surface area contributed by atoms with Crippen molar-refractivity contribution in [2.75, 3.05) is 0 Å². The van der Waals surface area contributed by atoms with E-state index in [2.05, 4.69) is 43.9 Å². The lowest BCUT2D eigenvalue weighted by atomic mass is 9.94. The first-order chi connectivity index (χ1) is 7.36. The third-order valence-corrected chi connectivity index (χ3v) is 2.74. The van der Waals surface area contributed by atoms with Crippen molar-refractivity contribution in [2.24, 2.45) is 0 Å². The fourth-order valence-corrected chi connectivity index (χ4v) is 2.05. The zero-order valence-corrected chi connectivity index (χ0v) is 8.87. The van der Waals surface area contributed by atoms with Crippen LogP contribution in [0.2, 0.25) is 0 Å². The number of rotatable bonds is 4. The van der Waals surface area contributed by atoms with Gasteiger partial charge in [0.05, 0.1) is 0 Å². The predicted molar refractivity (Wildman–Crippen MR) is 66.7 cm³/mol. The highest BCUT2D eigenvalue weighted by Crippen LogP contribution is 2.28. The highest BCUT2D eigenvalue weighted by Gasteiger charge is 2.12. The standard InChI is InChI=1S/C15H15/c1-3-6-12-10-11-13-8-5-9-15(13)14(12)7-4-2/h3-5,8-11H,1-2,6-7H2. The van der Waals surface area contributed by atoms with Gasteiger partial charge < -0.3 is 0 Å². The van der Waals surface area contributed by atoms with E-state index in [1.807, 2.05) is 12.2 Å². The summed E-state index contributed by atoms with van der Waals surface area (Å²) >= 11 is 0. The lowest BCUT2D eigenvalue weighted by Gasteiger charge is -2.11. The van der Waals surface area contributed by atoms with Crippen molar-refractivity contribution in [2.45, 2.75) is 12.8 Å². The van der Waals surface area contributed by atoms with Gasteiger partial charge in [-0.25, -0.2) is 0 Å². The van der Waals surface area contributed by atoms with Crippen LogP contribution in [-0.4, -0.2) is 0 Å². The average molecular weight is 195 g/mol. The van der Waals surface area contributed by atoms with E-state index in [1.54, 1.807) is 0 Å². The van der Waals surface area contributed by atoms with Gasteiger partial charge in [-0.2, -0.15) is 0 Å². The van der Waals surface area contributed by atoms with Gasteiger partial charge in [-0.05, 0) is 35.1 Å². The number of allylic oxidation sites excluding steroid dienone is 3. The van der Waals surface area contributed by atoms with E-state index in [0.29, 0.717) is 0 Å². The molecule has 0 N–H and O–H groups in total. The summed E-state index contributed by atoms with van der Waals surface area (Å²) in [4.78, 5) is 0. The van der Waals surface area contributed by atoms with Gasteiger partial charge in [-0.3, -0.25) is 0 Å². The molecule has 0 aliphatic heterocycles. The number of hydrogen-bond acceptors (Lipinski definition) is 0. The molecule has 0 saturated heterocycles. The zero-order valence-electron chi connectivity index (χ0n) is 8.87. The molecule has 0 unspecified atom stereocenters. The van der Waals surface area contributed by atoms with Gasteiger partial charge in [0.25, 0.3) is 0 Å². The van der Waals surface area contributed by atoms with E-state index < -0.39 is 0 Å². The third-order valence-electron chi connectivity index (χ3n) is 2.74. The SMILES string of the molecule is C=CCc1ccc2c(c1CC=C)C=C[CH]2. The highest BCUT2D eigenvalue weighted by atomic mass is 14.2. The molecule has 0 aromatic heterocycles. The monoisotopic (exact) mass is 195 g/mol. The molecular weight excluding hydrogens is 180 g/mol. The summed E-state index contributed by atoms with van der Waals surface area (Å²) in [7, 11) is 0. The van der Waals surface area contributed by atoms with E-state index in [1.165, 1.54) is 22.3 Å². The molecule has 0 bridgehead atoms. The minimum atomic E-state index is 0.935. The Labute approximate surface area is 91.6 Å². The average Bonchev–Trinajstić information content (AvgIpc) is 2.70. The van der Waals surface area contributed by atoms with Crippen LogP contribution in [0.5, 0.6) is 0 Å². The molecule has 15 heavy (non-hydrogen) atoms. The largest absolute Gasteiger partial charge is 0.103 e. The van der Waals surface area contributed by atoms with Crippen LogP contribution in [0.25, 0.3) is 6.08 Å². The maximum absolute atomic E-state index is 3.82. The Bertz CT molecular complexity index is 422. The molecule has 75 valence electrons. The van der Waals surface area contributed by atoms with Crippen molar-refractivity contribution in [1.82, 2.24) is 0 Å². The normalized spacial score (nSPS) is 12.5. The lowest BCUT2D eigenvalue weighted by molar-refractivity contribution is 1.14. The summed E-state index contributed by atoms with van der Waals surface area (Å²) in [6.07, 6.45) is 12.2.